The summed E-state index contributed by atoms with van der Waals surface area (Å²) in [4.78, 5) is 11.1. The Morgan fingerprint density at radius 1 is 1.12 bits per heavy atom. The van der Waals surface area contributed by atoms with Crippen molar-refractivity contribution in [2.75, 3.05) is 0 Å². The van der Waals surface area contributed by atoms with Crippen molar-refractivity contribution < 1.29 is 4.79 Å². The van der Waals surface area contributed by atoms with Crippen LogP contribution in [0.2, 0.25) is 0 Å². The minimum absolute atomic E-state index is 0.130. The summed E-state index contributed by atoms with van der Waals surface area (Å²) in [5.41, 5.74) is 1.32. The molecule has 0 fully saturated rings. The molecule has 1 nitrogen and oxygen atoms in total. The molecule has 0 amide bonds. The predicted octanol–water partition coefficient (Wildman–Crippen LogP) is 3.92. The third kappa shape index (κ3) is 2.82. The van der Waals surface area contributed by atoms with Crippen LogP contribution in [0.3, 0.4) is 0 Å². The third-order valence-electron chi connectivity index (χ3n) is 2.98. The summed E-state index contributed by atoms with van der Waals surface area (Å²) < 4.78 is 0. The number of carbonyl (C=O) groups is 1. The summed E-state index contributed by atoms with van der Waals surface area (Å²) in [5.74, 6) is 0.130. The maximum atomic E-state index is 11.1. The van der Waals surface area contributed by atoms with Gasteiger partial charge in [0.15, 0.2) is 5.78 Å². The molecule has 0 heterocycles. The molecule has 0 bridgehead atoms. The van der Waals surface area contributed by atoms with Gasteiger partial charge in [-0.25, -0.2) is 0 Å². The third-order valence-corrected chi connectivity index (χ3v) is 2.98. The van der Waals surface area contributed by atoms with E-state index in [2.05, 4.69) is 43.0 Å². The number of allylic oxidation sites excluding steroid dienone is 1. The van der Waals surface area contributed by atoms with Crippen LogP contribution in [0.5, 0.6) is 0 Å². The van der Waals surface area contributed by atoms with Gasteiger partial charge in [0, 0.05) is 6.42 Å². The van der Waals surface area contributed by atoms with E-state index in [0.29, 0.717) is 6.42 Å². The largest absolute Gasteiger partial charge is 0.295 e. The van der Waals surface area contributed by atoms with Gasteiger partial charge in [0.2, 0.25) is 0 Å². The number of hydrogen-bond acceptors (Lipinski definition) is 1. The Balaban J connectivity index is 2.13. The summed E-state index contributed by atoms with van der Waals surface area (Å²) in [6.45, 7) is 3.49. The van der Waals surface area contributed by atoms with Crippen LogP contribution in [0.25, 0.3) is 10.8 Å². The molecule has 0 spiro atoms. The van der Waals surface area contributed by atoms with Crippen LogP contribution < -0.4 is 0 Å². The summed E-state index contributed by atoms with van der Waals surface area (Å²) in [7, 11) is 0. The highest BCUT2D eigenvalue weighted by atomic mass is 16.1. The summed E-state index contributed by atoms with van der Waals surface area (Å²) in [6.07, 6.45) is 3.83. The fraction of sp³-hybridized carbons (Fsp3) is 0.188. The van der Waals surface area contributed by atoms with Gasteiger partial charge in [-0.3, -0.25) is 4.79 Å². The molecule has 0 aromatic heterocycles. The van der Waals surface area contributed by atoms with Crippen molar-refractivity contribution in [3.8, 4) is 0 Å². The lowest BCUT2D eigenvalue weighted by molar-refractivity contribution is -0.114. The van der Waals surface area contributed by atoms with Gasteiger partial charge in [-0.05, 0) is 35.3 Å². The highest BCUT2D eigenvalue weighted by molar-refractivity contribution is 5.89. The van der Waals surface area contributed by atoms with E-state index in [-0.39, 0.29) is 5.78 Å². The second-order valence-corrected chi connectivity index (χ2v) is 4.16. The molecule has 2 aromatic rings. The van der Waals surface area contributed by atoms with E-state index in [1.54, 1.807) is 0 Å². The minimum atomic E-state index is 0.130. The molecular formula is C16H16O. The zero-order valence-corrected chi connectivity index (χ0v) is 9.86. The van der Waals surface area contributed by atoms with Crippen LogP contribution in [0.4, 0.5) is 0 Å². The lowest BCUT2D eigenvalue weighted by atomic mass is 9.99. The summed E-state index contributed by atoms with van der Waals surface area (Å²) >= 11 is 0. The standard InChI is InChI=1S/C16H16O/c1-2-15(17)11-6-10-14-9-5-8-13-7-3-4-12-16(13)14/h2-5,7-9,12H,1,6,10-11H2. The minimum Gasteiger partial charge on any atom is -0.295 e. The van der Waals surface area contributed by atoms with E-state index in [1.807, 2.05) is 6.07 Å². The molecule has 0 atom stereocenters. The Morgan fingerprint density at radius 3 is 2.71 bits per heavy atom. The van der Waals surface area contributed by atoms with Gasteiger partial charge in [-0.2, -0.15) is 0 Å². The molecule has 0 unspecified atom stereocenters. The van der Waals surface area contributed by atoms with E-state index < -0.39 is 0 Å². The number of benzene rings is 2. The van der Waals surface area contributed by atoms with Gasteiger partial charge in [0.25, 0.3) is 0 Å². The second kappa shape index (κ2) is 5.44. The lowest BCUT2D eigenvalue weighted by Gasteiger charge is -2.05. The molecule has 17 heavy (non-hydrogen) atoms. The molecule has 2 rings (SSSR count). The number of fused-ring (bicyclic) bond motifs is 1. The first kappa shape index (κ1) is 11.6. The van der Waals surface area contributed by atoms with Crippen LogP contribution >= 0.6 is 0 Å². The van der Waals surface area contributed by atoms with E-state index in [0.717, 1.165) is 12.8 Å². The molecule has 0 radical (unpaired) electrons. The Bertz CT molecular complexity index is 535. The number of ketones is 1. The zero-order chi connectivity index (χ0) is 12.1. The van der Waals surface area contributed by atoms with Gasteiger partial charge < -0.3 is 0 Å². The van der Waals surface area contributed by atoms with Crippen LogP contribution in [0.15, 0.2) is 55.1 Å². The number of carbonyl (C=O) groups excluding carboxylic acids is 1. The molecule has 0 saturated carbocycles. The fourth-order valence-electron chi connectivity index (χ4n) is 2.07. The second-order valence-electron chi connectivity index (χ2n) is 4.16. The first-order chi connectivity index (χ1) is 8.31. The van der Waals surface area contributed by atoms with Gasteiger partial charge in [0.05, 0.1) is 0 Å². The molecule has 0 saturated heterocycles. The predicted molar refractivity (Wildman–Crippen MR) is 72.1 cm³/mol. The lowest BCUT2D eigenvalue weighted by Crippen LogP contribution is -1.94. The maximum Gasteiger partial charge on any atom is 0.155 e. The molecule has 86 valence electrons. The van der Waals surface area contributed by atoms with Crippen molar-refractivity contribution in [2.45, 2.75) is 19.3 Å². The average Bonchev–Trinajstić information content (AvgIpc) is 2.39. The Hall–Kier alpha value is -1.89. The van der Waals surface area contributed by atoms with Crippen LogP contribution in [-0.2, 0) is 11.2 Å². The Morgan fingerprint density at radius 2 is 1.88 bits per heavy atom. The van der Waals surface area contributed by atoms with E-state index in [1.165, 1.54) is 22.4 Å². The molecular weight excluding hydrogens is 208 g/mol. The Labute approximate surface area is 102 Å². The summed E-state index contributed by atoms with van der Waals surface area (Å²) in [5, 5.41) is 2.56. The molecule has 0 aliphatic rings. The quantitative estimate of drug-likeness (QED) is 0.703. The monoisotopic (exact) mass is 224 g/mol. The van der Waals surface area contributed by atoms with Gasteiger partial charge in [-0.1, -0.05) is 49.0 Å². The normalized spacial score (nSPS) is 10.4. The van der Waals surface area contributed by atoms with Gasteiger partial charge in [0.1, 0.15) is 0 Å². The van der Waals surface area contributed by atoms with Gasteiger partial charge in [-0.15, -0.1) is 0 Å². The van der Waals surface area contributed by atoms with Crippen LogP contribution in [-0.4, -0.2) is 5.78 Å². The topological polar surface area (TPSA) is 17.1 Å². The molecule has 0 aliphatic heterocycles. The van der Waals surface area contributed by atoms with Crippen LogP contribution in [0, 0.1) is 0 Å². The highest BCUT2D eigenvalue weighted by Crippen LogP contribution is 2.20. The van der Waals surface area contributed by atoms with E-state index >= 15 is 0 Å². The van der Waals surface area contributed by atoms with Crippen molar-refractivity contribution in [1.29, 1.82) is 0 Å². The number of aryl methyl sites for hydroxylation is 1. The van der Waals surface area contributed by atoms with E-state index in [9.17, 15) is 4.79 Å². The smallest absolute Gasteiger partial charge is 0.155 e. The van der Waals surface area contributed by atoms with Gasteiger partial charge >= 0.3 is 0 Å². The average molecular weight is 224 g/mol. The fourth-order valence-corrected chi connectivity index (χ4v) is 2.07. The van der Waals surface area contributed by atoms with Crippen molar-refractivity contribution in [2.24, 2.45) is 0 Å². The van der Waals surface area contributed by atoms with Crippen molar-refractivity contribution in [3.63, 3.8) is 0 Å². The Kier molecular flexibility index (Phi) is 3.71. The summed E-state index contributed by atoms with van der Waals surface area (Å²) in [6, 6.07) is 14.7. The number of hydrogen-bond donors (Lipinski definition) is 0. The molecule has 1 heteroatoms. The van der Waals surface area contributed by atoms with Crippen molar-refractivity contribution in [1.82, 2.24) is 0 Å². The highest BCUT2D eigenvalue weighted by Gasteiger charge is 2.01. The van der Waals surface area contributed by atoms with Crippen molar-refractivity contribution >= 4 is 16.6 Å². The van der Waals surface area contributed by atoms with Crippen molar-refractivity contribution in [3.05, 3.63) is 60.7 Å². The molecule has 0 N–H and O–H groups in total. The first-order valence-corrected chi connectivity index (χ1v) is 5.93. The van der Waals surface area contributed by atoms with Crippen LogP contribution in [0.1, 0.15) is 18.4 Å². The first-order valence-electron chi connectivity index (χ1n) is 5.93. The zero-order valence-electron chi connectivity index (χ0n) is 9.86. The number of rotatable bonds is 5. The molecule has 2 aromatic carbocycles. The van der Waals surface area contributed by atoms with E-state index in [4.69, 9.17) is 0 Å². The SMILES string of the molecule is C=CC(=O)CCCc1cccc2ccccc12. The maximum absolute atomic E-state index is 11.1. The molecule has 0 aliphatic carbocycles.